The van der Waals surface area contributed by atoms with Gasteiger partial charge in [0.05, 0.1) is 30.7 Å². The van der Waals surface area contributed by atoms with E-state index in [2.05, 4.69) is 40.8 Å². The van der Waals surface area contributed by atoms with E-state index < -0.39 is 53.6 Å². The monoisotopic (exact) mass is 864 g/mol. The second kappa shape index (κ2) is 19.2. The Morgan fingerprint density at radius 1 is 1.00 bits per heavy atom. The van der Waals surface area contributed by atoms with Crippen molar-refractivity contribution in [1.29, 1.82) is 0 Å². The number of piperidine rings is 1. The second-order valence-corrected chi connectivity index (χ2v) is 16.3. The largest absolute Gasteiger partial charge is 0.573 e. The highest BCUT2D eigenvalue weighted by Gasteiger charge is 2.44. The van der Waals surface area contributed by atoms with Gasteiger partial charge in [0.2, 0.25) is 17.7 Å². The number of amides is 4. The van der Waals surface area contributed by atoms with Gasteiger partial charge in [-0.1, -0.05) is 32.9 Å². The maximum Gasteiger partial charge on any atom is 0.573 e. The molecular formula is C43H51F3N8O8. The molecule has 0 radical (unpaired) electrons. The van der Waals surface area contributed by atoms with Gasteiger partial charge in [-0.05, 0) is 78.8 Å². The number of hydrogen-bond acceptors (Lipinski definition) is 11. The van der Waals surface area contributed by atoms with Crippen molar-refractivity contribution in [3.05, 3.63) is 83.7 Å². The van der Waals surface area contributed by atoms with Crippen LogP contribution in [-0.4, -0.2) is 113 Å². The fourth-order valence-electron chi connectivity index (χ4n) is 7.43. The number of nitrogens with zero attached hydrogens (tertiary/aromatic N) is 4. The Labute approximate surface area is 356 Å². The summed E-state index contributed by atoms with van der Waals surface area (Å²) in [5.41, 5.74) is 2.95. The van der Waals surface area contributed by atoms with E-state index in [-0.39, 0.29) is 43.7 Å². The first-order valence-corrected chi connectivity index (χ1v) is 20.1. The third kappa shape index (κ3) is 11.6. The number of benzene rings is 2. The number of likely N-dealkylation sites (tertiary alicyclic amines) is 1. The van der Waals surface area contributed by atoms with Gasteiger partial charge in [0.15, 0.2) is 0 Å². The molecule has 4 heterocycles. The molecule has 0 aliphatic carbocycles. The first kappa shape index (κ1) is 45.3. The minimum Gasteiger partial charge on any atom is -0.494 e. The number of anilines is 2. The van der Waals surface area contributed by atoms with Crippen molar-refractivity contribution in [1.82, 2.24) is 30.7 Å². The Bertz CT molecular complexity index is 2220. The summed E-state index contributed by atoms with van der Waals surface area (Å²) in [6.07, 6.45) is -3.19. The molecule has 2 aromatic carbocycles. The van der Waals surface area contributed by atoms with E-state index in [0.29, 0.717) is 59.9 Å². The molecule has 19 heteroatoms. The first-order valence-electron chi connectivity index (χ1n) is 20.1. The molecule has 0 bridgehead atoms. The van der Waals surface area contributed by atoms with Crippen LogP contribution in [0.4, 0.5) is 24.5 Å². The Balaban J connectivity index is 0.989. The molecule has 4 amide bonds. The molecule has 3 atom stereocenters. The highest BCUT2D eigenvalue weighted by atomic mass is 19.4. The number of aliphatic hydroxyl groups excluding tert-OH is 1. The van der Waals surface area contributed by atoms with E-state index >= 15 is 0 Å². The number of alkyl halides is 3. The highest BCUT2D eigenvalue weighted by Crippen LogP contribution is 2.33. The van der Waals surface area contributed by atoms with Crippen molar-refractivity contribution in [2.45, 2.75) is 84.2 Å². The summed E-state index contributed by atoms with van der Waals surface area (Å²) in [4.78, 5) is 61.6. The van der Waals surface area contributed by atoms with Crippen LogP contribution >= 0.6 is 0 Å². The summed E-state index contributed by atoms with van der Waals surface area (Å²) < 4.78 is 53.5. The third-order valence-electron chi connectivity index (χ3n) is 10.7. The van der Waals surface area contributed by atoms with Gasteiger partial charge in [0.1, 0.15) is 41.6 Å². The normalized spacial score (nSPS) is 17.6. The van der Waals surface area contributed by atoms with Crippen LogP contribution in [0.1, 0.15) is 61.6 Å². The van der Waals surface area contributed by atoms with Gasteiger partial charge in [-0.15, -0.1) is 13.2 Å². The topological polar surface area (TPSA) is 200 Å². The molecule has 16 nitrogen and oxygen atoms in total. The van der Waals surface area contributed by atoms with E-state index in [1.54, 1.807) is 64.2 Å². The minimum atomic E-state index is -4.84. The lowest BCUT2D eigenvalue weighted by molar-refractivity contribution is -0.274. The van der Waals surface area contributed by atoms with Crippen molar-refractivity contribution in [2.75, 3.05) is 43.6 Å². The highest BCUT2D eigenvalue weighted by molar-refractivity contribution is 6.04. The molecule has 0 saturated carbocycles. The lowest BCUT2D eigenvalue weighted by Crippen LogP contribution is -2.58. The summed E-state index contributed by atoms with van der Waals surface area (Å²) in [6.45, 7) is 7.68. The van der Waals surface area contributed by atoms with E-state index in [1.165, 1.54) is 24.1 Å². The fraction of sp³-hybridized carbons (Fsp3) is 0.442. The number of ether oxygens (including phenoxy) is 3. The molecule has 2 fully saturated rings. The zero-order chi connectivity index (χ0) is 44.8. The number of H-pyrrole nitrogens is 1. The number of aromatic amines is 1. The van der Waals surface area contributed by atoms with Crippen LogP contribution in [0.3, 0.4) is 0 Å². The maximum absolute atomic E-state index is 14.0. The number of pyridine rings is 1. The Kier molecular flexibility index (Phi) is 14.1. The van der Waals surface area contributed by atoms with Gasteiger partial charge in [-0.2, -0.15) is 5.10 Å². The van der Waals surface area contributed by atoms with Crippen molar-refractivity contribution in [3.63, 3.8) is 0 Å². The van der Waals surface area contributed by atoms with Gasteiger partial charge in [-0.3, -0.25) is 24.3 Å². The predicted octanol–water partition coefficient (Wildman–Crippen LogP) is 4.73. The SMILES string of the molecule is COc1cc(N2CCC(OCC(=O)N[C@H](C(=O)N3C[C@H](O)C[C@H]3C(=O)NCc3ccc(OC(F)(F)F)cc3C)C(C)(C)C)CC2)ccc1NC(=O)c1cccc(-c2cc[nH]n2)n1. The smallest absolute Gasteiger partial charge is 0.494 e. The van der Waals surface area contributed by atoms with Crippen LogP contribution < -0.4 is 30.3 Å². The molecule has 2 aromatic heterocycles. The summed E-state index contributed by atoms with van der Waals surface area (Å²) in [5.74, 6) is -1.94. The molecule has 0 unspecified atom stereocenters. The zero-order valence-electron chi connectivity index (χ0n) is 35.0. The Morgan fingerprint density at radius 2 is 1.76 bits per heavy atom. The van der Waals surface area contributed by atoms with Crippen LogP contribution in [-0.2, 0) is 25.7 Å². The number of aryl methyl sites for hydroxylation is 1. The molecular weight excluding hydrogens is 814 g/mol. The zero-order valence-corrected chi connectivity index (χ0v) is 35.0. The van der Waals surface area contributed by atoms with E-state index in [1.807, 2.05) is 12.1 Å². The maximum atomic E-state index is 14.0. The molecule has 0 spiro atoms. The van der Waals surface area contributed by atoms with E-state index in [4.69, 9.17) is 9.47 Å². The van der Waals surface area contributed by atoms with Crippen LogP contribution in [0.25, 0.3) is 11.4 Å². The fourth-order valence-corrected chi connectivity index (χ4v) is 7.43. The number of β-amino-alcohol motifs (C(OH)–C–C–N with tert-alkyl or cyclic N) is 1. The second-order valence-electron chi connectivity index (χ2n) is 16.3. The van der Waals surface area contributed by atoms with Crippen molar-refractivity contribution in [2.24, 2.45) is 5.41 Å². The molecule has 62 heavy (non-hydrogen) atoms. The van der Waals surface area contributed by atoms with Crippen molar-refractivity contribution < 1.29 is 51.7 Å². The lowest BCUT2D eigenvalue weighted by atomic mass is 9.85. The van der Waals surface area contributed by atoms with E-state index in [0.717, 1.165) is 11.8 Å². The van der Waals surface area contributed by atoms with Gasteiger partial charge < -0.3 is 45.1 Å². The number of carbonyl (C=O) groups excluding carboxylic acids is 4. The molecule has 2 aliphatic heterocycles. The lowest BCUT2D eigenvalue weighted by Gasteiger charge is -2.36. The predicted molar refractivity (Wildman–Crippen MR) is 221 cm³/mol. The number of halogens is 3. The molecule has 6 rings (SSSR count). The number of carbonyl (C=O) groups is 4. The summed E-state index contributed by atoms with van der Waals surface area (Å²) in [5, 5.41) is 25.8. The van der Waals surface area contributed by atoms with Crippen LogP contribution in [0.5, 0.6) is 11.5 Å². The van der Waals surface area contributed by atoms with Gasteiger partial charge in [0.25, 0.3) is 5.91 Å². The van der Waals surface area contributed by atoms with Gasteiger partial charge in [-0.25, -0.2) is 4.98 Å². The first-order chi connectivity index (χ1) is 29.4. The van der Waals surface area contributed by atoms with Gasteiger partial charge in [0, 0.05) is 50.6 Å². The van der Waals surface area contributed by atoms with Crippen molar-refractivity contribution >= 4 is 35.0 Å². The standard InChI is InChI=1S/C43H51F3N8O8/c1-25-19-30(62-43(44,45)46)11-9-26(25)22-47-40(58)35-21-28(55)23-54(35)41(59)38(42(2,3)4)51-37(56)24-61-29-14-17-53(18-15-29)27-10-12-33(36(20-27)60-5)50-39(57)34-8-6-7-31(49-34)32-13-16-48-52-32/h6-13,16,19-20,28-29,35,38,55H,14-15,17-18,21-24H2,1-5H3,(H,47,58)(H,48,52)(H,50,57)(H,51,56)/t28-,35+,38-/m1/s1. The van der Waals surface area contributed by atoms with Crippen LogP contribution in [0.15, 0.2) is 66.9 Å². The molecule has 5 N–H and O–H groups in total. The van der Waals surface area contributed by atoms with E-state index in [9.17, 15) is 37.5 Å². The number of aromatic nitrogens is 3. The van der Waals surface area contributed by atoms with Crippen LogP contribution in [0.2, 0.25) is 0 Å². The quantitative estimate of drug-likeness (QED) is 0.117. The molecule has 2 saturated heterocycles. The summed E-state index contributed by atoms with van der Waals surface area (Å²) in [7, 11) is 1.52. The van der Waals surface area contributed by atoms with Crippen molar-refractivity contribution in [3.8, 4) is 22.9 Å². The minimum absolute atomic E-state index is 0.0323. The number of rotatable bonds is 14. The molecule has 4 aromatic rings. The van der Waals surface area contributed by atoms with Crippen LogP contribution in [0, 0.1) is 12.3 Å². The number of aliphatic hydroxyl groups is 1. The summed E-state index contributed by atoms with van der Waals surface area (Å²) in [6, 6.07) is 14.0. The Morgan fingerprint density at radius 3 is 2.42 bits per heavy atom. The van der Waals surface area contributed by atoms with Gasteiger partial charge >= 0.3 is 6.36 Å². The average Bonchev–Trinajstić information content (AvgIpc) is 3.91. The Hall–Kier alpha value is -6.21. The number of nitrogens with one attached hydrogen (secondary N) is 4. The summed E-state index contributed by atoms with van der Waals surface area (Å²) >= 11 is 0. The molecule has 332 valence electrons. The third-order valence-corrected chi connectivity index (χ3v) is 10.7. The number of methoxy groups -OCH3 is 1. The molecule has 2 aliphatic rings. The average molecular weight is 865 g/mol. The number of hydrogen-bond donors (Lipinski definition) is 5.